The zero-order valence-electron chi connectivity index (χ0n) is 14.6. The fraction of sp³-hybridized carbons (Fsp3) is 0.444. The number of ketones is 1. The Hall–Kier alpha value is -2.57. The van der Waals surface area contributed by atoms with Gasteiger partial charge in [0.2, 0.25) is 17.7 Å². The number of aromatic nitrogens is 2. The minimum Gasteiger partial charge on any atom is -0.423 e. The molecule has 1 aromatic heterocycles. The predicted molar refractivity (Wildman–Crippen MR) is 89.3 cm³/mol. The van der Waals surface area contributed by atoms with Gasteiger partial charge in [-0.15, -0.1) is 10.2 Å². The lowest BCUT2D eigenvalue weighted by atomic mass is 10.0. The number of benzene rings is 1. The van der Waals surface area contributed by atoms with Gasteiger partial charge in [-0.25, -0.2) is 4.39 Å². The fourth-order valence-electron chi connectivity index (χ4n) is 2.46. The molecule has 1 unspecified atom stereocenters. The molecule has 1 aromatic carbocycles. The Labute approximate surface area is 145 Å². The highest BCUT2D eigenvalue weighted by Gasteiger charge is 2.22. The number of nitrogens with one attached hydrogen (secondary N) is 1. The van der Waals surface area contributed by atoms with Crippen molar-refractivity contribution >= 4 is 11.7 Å². The first-order valence-corrected chi connectivity index (χ1v) is 8.24. The standard InChI is InChI=1S/C18H22FN3O3/c1-11(2)10-15(18-22-21-12(3)25-18)20-17(24)9-8-16(23)13-6-4-5-7-14(13)19/h4-7,11,15H,8-10H2,1-3H3,(H,20,24). The summed E-state index contributed by atoms with van der Waals surface area (Å²) < 4.78 is 19.0. The van der Waals surface area contributed by atoms with Gasteiger partial charge in [0.15, 0.2) is 5.78 Å². The predicted octanol–water partition coefficient (Wildman–Crippen LogP) is 3.38. The van der Waals surface area contributed by atoms with Crippen LogP contribution in [-0.4, -0.2) is 21.9 Å². The molecule has 1 heterocycles. The zero-order chi connectivity index (χ0) is 18.4. The second-order valence-electron chi connectivity index (χ2n) is 6.31. The van der Waals surface area contributed by atoms with Crippen molar-refractivity contribution in [2.24, 2.45) is 5.92 Å². The molecule has 1 N–H and O–H groups in total. The van der Waals surface area contributed by atoms with Crippen molar-refractivity contribution in [1.82, 2.24) is 15.5 Å². The molecular weight excluding hydrogens is 325 g/mol. The second kappa shape index (κ2) is 8.50. The van der Waals surface area contributed by atoms with Crippen LogP contribution in [0.2, 0.25) is 0 Å². The van der Waals surface area contributed by atoms with Gasteiger partial charge in [-0.05, 0) is 24.5 Å². The molecule has 0 aliphatic rings. The van der Waals surface area contributed by atoms with Crippen LogP contribution in [0.1, 0.15) is 61.3 Å². The van der Waals surface area contributed by atoms with E-state index in [9.17, 15) is 14.0 Å². The van der Waals surface area contributed by atoms with Crippen molar-refractivity contribution in [1.29, 1.82) is 0 Å². The molecule has 2 aromatic rings. The highest BCUT2D eigenvalue weighted by molar-refractivity contribution is 5.98. The number of rotatable bonds is 8. The van der Waals surface area contributed by atoms with E-state index < -0.39 is 17.6 Å². The molecule has 1 atom stereocenters. The average molecular weight is 347 g/mol. The molecule has 0 radical (unpaired) electrons. The molecule has 0 fully saturated rings. The van der Waals surface area contributed by atoms with E-state index in [1.807, 2.05) is 13.8 Å². The van der Waals surface area contributed by atoms with Crippen molar-refractivity contribution in [3.63, 3.8) is 0 Å². The normalized spacial score (nSPS) is 12.2. The Bertz CT molecular complexity index is 743. The van der Waals surface area contributed by atoms with Gasteiger partial charge in [-0.3, -0.25) is 9.59 Å². The molecule has 0 bridgehead atoms. The number of carbonyl (C=O) groups is 2. The molecule has 0 aliphatic heterocycles. The highest BCUT2D eigenvalue weighted by atomic mass is 19.1. The lowest BCUT2D eigenvalue weighted by Crippen LogP contribution is -2.30. The number of nitrogens with zero attached hydrogens (tertiary/aromatic N) is 2. The highest BCUT2D eigenvalue weighted by Crippen LogP contribution is 2.20. The fourth-order valence-corrected chi connectivity index (χ4v) is 2.46. The molecule has 0 aliphatic carbocycles. The molecule has 25 heavy (non-hydrogen) atoms. The summed E-state index contributed by atoms with van der Waals surface area (Å²) in [6.45, 7) is 5.71. The van der Waals surface area contributed by atoms with Crippen LogP contribution in [0.15, 0.2) is 28.7 Å². The van der Waals surface area contributed by atoms with Gasteiger partial charge in [0.25, 0.3) is 0 Å². The Kier molecular flexibility index (Phi) is 6.38. The van der Waals surface area contributed by atoms with Gasteiger partial charge in [0, 0.05) is 19.8 Å². The quantitative estimate of drug-likeness (QED) is 0.740. The Balaban J connectivity index is 1.95. The summed E-state index contributed by atoms with van der Waals surface area (Å²) in [6, 6.07) is 5.34. The van der Waals surface area contributed by atoms with Crippen LogP contribution >= 0.6 is 0 Å². The first kappa shape index (κ1) is 18.8. The van der Waals surface area contributed by atoms with Crippen molar-refractivity contribution in [3.05, 3.63) is 47.4 Å². The Morgan fingerprint density at radius 1 is 1.20 bits per heavy atom. The summed E-state index contributed by atoms with van der Waals surface area (Å²) in [5.41, 5.74) is 0.00144. The SMILES string of the molecule is Cc1nnc(C(CC(C)C)NC(=O)CCC(=O)c2ccccc2F)o1. The van der Waals surface area contributed by atoms with E-state index in [0.717, 1.165) is 0 Å². The van der Waals surface area contributed by atoms with Crippen molar-refractivity contribution in [2.75, 3.05) is 0 Å². The van der Waals surface area contributed by atoms with Gasteiger partial charge in [0.1, 0.15) is 11.9 Å². The molecule has 0 spiro atoms. The second-order valence-corrected chi connectivity index (χ2v) is 6.31. The molecule has 7 heteroatoms. The third kappa shape index (κ3) is 5.48. The summed E-state index contributed by atoms with van der Waals surface area (Å²) >= 11 is 0. The summed E-state index contributed by atoms with van der Waals surface area (Å²) in [4.78, 5) is 24.2. The summed E-state index contributed by atoms with van der Waals surface area (Å²) in [5, 5.41) is 10.6. The lowest BCUT2D eigenvalue weighted by Gasteiger charge is -2.17. The summed E-state index contributed by atoms with van der Waals surface area (Å²) in [6.07, 6.45) is 0.535. The van der Waals surface area contributed by atoms with Crippen LogP contribution in [-0.2, 0) is 4.79 Å². The third-order valence-electron chi connectivity index (χ3n) is 3.64. The van der Waals surface area contributed by atoms with Gasteiger partial charge in [-0.1, -0.05) is 26.0 Å². The molecule has 2 rings (SSSR count). The van der Waals surface area contributed by atoms with Crippen molar-refractivity contribution in [3.8, 4) is 0 Å². The van der Waals surface area contributed by atoms with Gasteiger partial charge >= 0.3 is 0 Å². The number of amides is 1. The molecule has 6 nitrogen and oxygen atoms in total. The van der Waals surface area contributed by atoms with Crippen molar-refractivity contribution < 1.29 is 18.4 Å². The van der Waals surface area contributed by atoms with E-state index in [1.165, 1.54) is 18.2 Å². The van der Waals surface area contributed by atoms with Crippen LogP contribution in [0.25, 0.3) is 0 Å². The molecule has 0 saturated heterocycles. The van der Waals surface area contributed by atoms with Crippen LogP contribution in [0, 0.1) is 18.7 Å². The molecule has 1 amide bonds. The van der Waals surface area contributed by atoms with E-state index in [-0.39, 0.29) is 24.3 Å². The number of hydrogen-bond donors (Lipinski definition) is 1. The van der Waals surface area contributed by atoms with E-state index in [0.29, 0.717) is 24.1 Å². The number of carbonyl (C=O) groups excluding carboxylic acids is 2. The first-order chi connectivity index (χ1) is 11.9. The number of hydrogen-bond acceptors (Lipinski definition) is 5. The van der Waals surface area contributed by atoms with Crippen LogP contribution in [0.3, 0.4) is 0 Å². The topological polar surface area (TPSA) is 85.1 Å². The zero-order valence-corrected chi connectivity index (χ0v) is 14.6. The smallest absolute Gasteiger partial charge is 0.238 e. The van der Waals surface area contributed by atoms with E-state index in [1.54, 1.807) is 13.0 Å². The van der Waals surface area contributed by atoms with Gasteiger partial charge < -0.3 is 9.73 Å². The maximum Gasteiger partial charge on any atom is 0.238 e. The molecular formula is C18H22FN3O3. The maximum absolute atomic E-state index is 13.6. The maximum atomic E-state index is 13.6. The summed E-state index contributed by atoms with van der Waals surface area (Å²) in [5.74, 6) is -0.217. The Morgan fingerprint density at radius 2 is 1.92 bits per heavy atom. The largest absolute Gasteiger partial charge is 0.423 e. The minimum atomic E-state index is -0.577. The number of halogens is 1. The van der Waals surface area contributed by atoms with Crippen molar-refractivity contribution in [2.45, 2.75) is 46.1 Å². The van der Waals surface area contributed by atoms with E-state index >= 15 is 0 Å². The lowest BCUT2D eigenvalue weighted by molar-refractivity contribution is -0.122. The van der Waals surface area contributed by atoms with E-state index in [2.05, 4.69) is 15.5 Å². The van der Waals surface area contributed by atoms with Crippen LogP contribution < -0.4 is 5.32 Å². The first-order valence-electron chi connectivity index (χ1n) is 8.24. The monoisotopic (exact) mass is 347 g/mol. The average Bonchev–Trinajstić information content (AvgIpc) is 2.98. The van der Waals surface area contributed by atoms with E-state index in [4.69, 9.17) is 4.42 Å². The number of Topliss-reactive ketones (excluding diaryl/α,β-unsaturated/α-hetero) is 1. The number of aryl methyl sites for hydroxylation is 1. The molecule has 134 valence electrons. The third-order valence-corrected chi connectivity index (χ3v) is 3.64. The van der Waals surface area contributed by atoms with Crippen LogP contribution in [0.4, 0.5) is 4.39 Å². The Morgan fingerprint density at radius 3 is 2.52 bits per heavy atom. The minimum absolute atomic E-state index is 0.00144. The summed E-state index contributed by atoms with van der Waals surface area (Å²) in [7, 11) is 0. The molecule has 0 saturated carbocycles. The van der Waals surface area contributed by atoms with Gasteiger partial charge in [-0.2, -0.15) is 0 Å². The van der Waals surface area contributed by atoms with Gasteiger partial charge in [0.05, 0.1) is 5.56 Å². The van der Waals surface area contributed by atoms with Crippen LogP contribution in [0.5, 0.6) is 0 Å².